The Kier molecular flexibility index (Phi) is 4.51. The van der Waals surface area contributed by atoms with Crippen molar-refractivity contribution in [1.29, 1.82) is 0 Å². The van der Waals surface area contributed by atoms with Gasteiger partial charge in [0, 0.05) is 4.47 Å². The van der Waals surface area contributed by atoms with Gasteiger partial charge in [-0.3, -0.25) is 4.79 Å². The van der Waals surface area contributed by atoms with Crippen LogP contribution < -0.4 is 0 Å². The number of carbonyl (C=O) groups is 2. The molecule has 1 aromatic rings. The van der Waals surface area contributed by atoms with Crippen LogP contribution in [-0.4, -0.2) is 22.6 Å². The maximum Gasteiger partial charge on any atom is 0.335 e. The first-order chi connectivity index (χ1) is 8.19. The molecule has 4 nitrogen and oxygen atoms in total. The van der Waals surface area contributed by atoms with E-state index in [1.807, 2.05) is 0 Å². The Hall–Kier alpha value is -1.36. The highest BCUT2D eigenvalue weighted by Crippen LogP contribution is 2.20. The van der Waals surface area contributed by atoms with Crippen LogP contribution in [0.2, 0.25) is 0 Å². The van der Waals surface area contributed by atoms with Crippen LogP contribution in [0.15, 0.2) is 22.7 Å². The van der Waals surface area contributed by atoms with E-state index in [-0.39, 0.29) is 18.0 Å². The molecule has 0 spiro atoms. The molecule has 0 aliphatic carbocycles. The quantitative estimate of drug-likeness (QED) is 0.871. The highest BCUT2D eigenvalue weighted by atomic mass is 79.9. The third kappa shape index (κ3) is 4.49. The molecule has 0 amide bonds. The second-order valence-corrected chi connectivity index (χ2v) is 5.73. The van der Waals surface area contributed by atoms with Crippen LogP contribution in [0.25, 0.3) is 0 Å². The Morgan fingerprint density at radius 1 is 1.33 bits per heavy atom. The van der Waals surface area contributed by atoms with Gasteiger partial charge in [-0.2, -0.15) is 0 Å². The number of hydrogen-bond acceptors (Lipinski definition) is 3. The molecule has 1 aromatic carbocycles. The lowest BCUT2D eigenvalue weighted by Gasteiger charge is -2.19. The van der Waals surface area contributed by atoms with Gasteiger partial charge in [0.2, 0.25) is 0 Å². The zero-order valence-electron chi connectivity index (χ0n) is 10.5. The SMILES string of the molecule is CC(C)(C)OC(=O)Cc1cc(C(=O)O)ccc1Br. The molecule has 0 saturated carbocycles. The van der Waals surface area contributed by atoms with Gasteiger partial charge in [0.1, 0.15) is 5.60 Å². The molecular formula is C13H15BrO4. The predicted molar refractivity (Wildman–Crippen MR) is 70.7 cm³/mol. The average Bonchev–Trinajstić information content (AvgIpc) is 2.18. The van der Waals surface area contributed by atoms with Crippen LogP contribution in [0.3, 0.4) is 0 Å². The lowest BCUT2D eigenvalue weighted by molar-refractivity contribution is -0.153. The number of carboxylic acids is 1. The van der Waals surface area contributed by atoms with Crippen molar-refractivity contribution >= 4 is 27.9 Å². The molecule has 0 saturated heterocycles. The molecule has 0 heterocycles. The maximum absolute atomic E-state index is 11.7. The summed E-state index contributed by atoms with van der Waals surface area (Å²) < 4.78 is 5.88. The highest BCUT2D eigenvalue weighted by Gasteiger charge is 2.18. The summed E-state index contributed by atoms with van der Waals surface area (Å²) in [5.41, 5.74) is 0.203. The first-order valence-electron chi connectivity index (χ1n) is 5.42. The van der Waals surface area contributed by atoms with Crippen LogP contribution in [0, 0.1) is 0 Å². The van der Waals surface area contributed by atoms with Crippen LogP contribution in [-0.2, 0) is 16.0 Å². The number of benzene rings is 1. The minimum absolute atomic E-state index is 0.0406. The Morgan fingerprint density at radius 3 is 2.44 bits per heavy atom. The first-order valence-corrected chi connectivity index (χ1v) is 6.22. The van der Waals surface area contributed by atoms with E-state index in [2.05, 4.69) is 15.9 Å². The monoisotopic (exact) mass is 314 g/mol. The largest absolute Gasteiger partial charge is 0.478 e. The molecule has 0 aromatic heterocycles. The van der Waals surface area contributed by atoms with Crippen molar-refractivity contribution in [2.24, 2.45) is 0 Å². The van der Waals surface area contributed by atoms with Crippen LogP contribution >= 0.6 is 15.9 Å². The normalized spacial score (nSPS) is 11.1. The van der Waals surface area contributed by atoms with Gasteiger partial charge in [-0.1, -0.05) is 15.9 Å². The number of aromatic carboxylic acids is 1. The van der Waals surface area contributed by atoms with Crippen molar-refractivity contribution in [2.75, 3.05) is 0 Å². The lowest BCUT2D eigenvalue weighted by atomic mass is 10.1. The smallest absolute Gasteiger partial charge is 0.335 e. The van der Waals surface area contributed by atoms with Gasteiger partial charge >= 0.3 is 11.9 Å². The molecule has 0 aliphatic rings. The fraction of sp³-hybridized carbons (Fsp3) is 0.385. The van der Waals surface area contributed by atoms with Gasteiger partial charge in [0.05, 0.1) is 12.0 Å². The Morgan fingerprint density at radius 2 is 1.94 bits per heavy atom. The van der Waals surface area contributed by atoms with E-state index in [1.165, 1.54) is 12.1 Å². The van der Waals surface area contributed by atoms with E-state index in [4.69, 9.17) is 9.84 Å². The number of halogens is 1. The maximum atomic E-state index is 11.7. The summed E-state index contributed by atoms with van der Waals surface area (Å²) in [6.45, 7) is 5.36. The number of ether oxygens (including phenoxy) is 1. The summed E-state index contributed by atoms with van der Waals surface area (Å²) in [5.74, 6) is -1.40. The Balaban J connectivity index is 2.87. The number of carbonyl (C=O) groups excluding carboxylic acids is 1. The first kappa shape index (κ1) is 14.7. The van der Waals surface area contributed by atoms with Gasteiger partial charge in [-0.25, -0.2) is 4.79 Å². The minimum atomic E-state index is -1.02. The molecule has 0 bridgehead atoms. The fourth-order valence-corrected chi connectivity index (χ4v) is 1.76. The third-order valence-electron chi connectivity index (χ3n) is 2.05. The summed E-state index contributed by atoms with van der Waals surface area (Å²) >= 11 is 3.29. The molecule has 18 heavy (non-hydrogen) atoms. The van der Waals surface area contributed by atoms with Crippen LogP contribution in [0.5, 0.6) is 0 Å². The van der Waals surface area contributed by atoms with Crippen molar-refractivity contribution in [3.8, 4) is 0 Å². The molecule has 0 radical (unpaired) electrons. The number of hydrogen-bond donors (Lipinski definition) is 1. The average molecular weight is 315 g/mol. The lowest BCUT2D eigenvalue weighted by Crippen LogP contribution is -2.25. The zero-order valence-corrected chi connectivity index (χ0v) is 12.1. The van der Waals surface area contributed by atoms with Crippen LogP contribution in [0.1, 0.15) is 36.7 Å². The predicted octanol–water partition coefficient (Wildman–Crippen LogP) is 3.03. The zero-order chi connectivity index (χ0) is 13.9. The summed E-state index contributed by atoms with van der Waals surface area (Å²) in [6.07, 6.45) is 0.0406. The molecule has 1 N–H and O–H groups in total. The van der Waals surface area contributed by atoms with E-state index < -0.39 is 11.6 Å². The molecule has 0 atom stereocenters. The molecule has 1 rings (SSSR count). The topological polar surface area (TPSA) is 63.6 Å². The molecule has 0 aliphatic heterocycles. The highest BCUT2D eigenvalue weighted by molar-refractivity contribution is 9.10. The summed E-state index contributed by atoms with van der Waals surface area (Å²) in [5, 5.41) is 8.89. The second kappa shape index (κ2) is 5.52. The molecular weight excluding hydrogens is 300 g/mol. The van der Waals surface area contributed by atoms with Crippen molar-refractivity contribution in [1.82, 2.24) is 0 Å². The van der Waals surface area contributed by atoms with Gasteiger partial charge < -0.3 is 9.84 Å². The fourth-order valence-electron chi connectivity index (χ4n) is 1.38. The van der Waals surface area contributed by atoms with Crippen LogP contribution in [0.4, 0.5) is 0 Å². The van der Waals surface area contributed by atoms with Gasteiger partial charge in [-0.05, 0) is 44.5 Å². The summed E-state index contributed by atoms with van der Waals surface area (Å²) in [6, 6.07) is 4.56. The molecule has 98 valence electrons. The summed E-state index contributed by atoms with van der Waals surface area (Å²) in [4.78, 5) is 22.5. The Bertz CT molecular complexity index is 474. The molecule has 5 heteroatoms. The Labute approximate surface area is 114 Å². The van der Waals surface area contributed by atoms with E-state index in [0.29, 0.717) is 10.0 Å². The van der Waals surface area contributed by atoms with Crippen molar-refractivity contribution in [3.05, 3.63) is 33.8 Å². The van der Waals surface area contributed by atoms with Gasteiger partial charge in [0.25, 0.3) is 0 Å². The van der Waals surface area contributed by atoms with E-state index in [0.717, 1.165) is 0 Å². The van der Waals surface area contributed by atoms with E-state index in [1.54, 1.807) is 26.8 Å². The van der Waals surface area contributed by atoms with Crippen molar-refractivity contribution in [3.63, 3.8) is 0 Å². The molecule has 0 unspecified atom stereocenters. The summed E-state index contributed by atoms with van der Waals surface area (Å²) in [7, 11) is 0. The van der Waals surface area contributed by atoms with Gasteiger partial charge in [-0.15, -0.1) is 0 Å². The van der Waals surface area contributed by atoms with Crippen molar-refractivity contribution < 1.29 is 19.4 Å². The van der Waals surface area contributed by atoms with E-state index in [9.17, 15) is 9.59 Å². The standard InChI is InChI=1S/C13H15BrO4/c1-13(2,3)18-11(15)7-9-6-8(12(16)17)4-5-10(9)14/h4-6H,7H2,1-3H3,(H,16,17). The van der Waals surface area contributed by atoms with E-state index >= 15 is 0 Å². The minimum Gasteiger partial charge on any atom is -0.478 e. The van der Waals surface area contributed by atoms with Gasteiger partial charge in [0.15, 0.2) is 0 Å². The second-order valence-electron chi connectivity index (χ2n) is 4.87. The third-order valence-corrected chi connectivity index (χ3v) is 2.82. The molecule has 0 fully saturated rings. The van der Waals surface area contributed by atoms with Crippen molar-refractivity contribution in [2.45, 2.75) is 32.8 Å². The number of rotatable bonds is 3. The number of carboxylic acid groups (broad SMARTS) is 1. The number of esters is 1.